The average Bonchev–Trinajstić information content (AvgIpc) is 3.47. The van der Waals surface area contributed by atoms with Gasteiger partial charge in [0.25, 0.3) is 0 Å². The topological polar surface area (TPSA) is 0 Å². The van der Waals surface area contributed by atoms with Crippen LogP contribution in [0.2, 0.25) is 0 Å². The van der Waals surface area contributed by atoms with Gasteiger partial charge in [0.05, 0.1) is 0 Å². The maximum atomic E-state index is 2.78. The van der Waals surface area contributed by atoms with Gasteiger partial charge in [-0.15, -0.1) is 0 Å². The molecule has 9 aliphatic carbocycles. The molecule has 0 amide bonds. The minimum absolute atomic E-state index is 0.797. The monoisotopic (exact) mass is 474 g/mol. The number of hydrogen-bond acceptors (Lipinski definition) is 0. The molecule has 0 heterocycles. The Hall–Kier alpha value is 0. The number of rotatable bonds is 0. The maximum Gasteiger partial charge on any atom is -0.0165 e. The molecule has 18 unspecified atom stereocenters. The van der Waals surface area contributed by atoms with Crippen LogP contribution in [0.25, 0.3) is 0 Å². The van der Waals surface area contributed by atoms with Gasteiger partial charge in [0, 0.05) is 0 Å². The van der Waals surface area contributed by atoms with Gasteiger partial charge in [-0.25, -0.2) is 0 Å². The quantitative estimate of drug-likeness (QED) is 0.328. The molecule has 0 saturated heterocycles. The molecule has 9 rings (SSSR count). The molecule has 18 atom stereocenters. The summed E-state index contributed by atoms with van der Waals surface area (Å²) in [6, 6.07) is 0. The fourth-order valence-corrected chi connectivity index (χ4v) is 16.7. The SMILES string of the molecule is CC1CCC2C(C1)C1C3CCCCC3C3CCC4CC5CCCC6C7C(C)CC(C)C7C2(C56)C4C31. The lowest BCUT2D eigenvalue weighted by Gasteiger charge is -2.71. The van der Waals surface area contributed by atoms with E-state index in [0.29, 0.717) is 0 Å². The fraction of sp³-hybridized carbons (Fsp3) is 1.00. The van der Waals surface area contributed by atoms with Crippen LogP contribution in [0.1, 0.15) is 111 Å². The second kappa shape index (κ2) is 7.34. The van der Waals surface area contributed by atoms with Crippen molar-refractivity contribution >= 4 is 0 Å². The van der Waals surface area contributed by atoms with Crippen molar-refractivity contribution < 1.29 is 0 Å². The summed E-state index contributed by atoms with van der Waals surface area (Å²) < 4.78 is 0. The van der Waals surface area contributed by atoms with E-state index in [-0.39, 0.29) is 0 Å². The smallest absolute Gasteiger partial charge is 0.0165 e. The van der Waals surface area contributed by atoms with Crippen molar-refractivity contribution in [1.82, 2.24) is 0 Å². The van der Waals surface area contributed by atoms with E-state index in [1.165, 1.54) is 23.7 Å². The molecular weight excluding hydrogens is 420 g/mol. The molecule has 0 aromatic carbocycles. The second-order valence-corrected chi connectivity index (χ2v) is 16.9. The molecule has 9 fully saturated rings. The molecule has 0 aromatic heterocycles. The van der Waals surface area contributed by atoms with Gasteiger partial charge in [-0.1, -0.05) is 52.9 Å². The van der Waals surface area contributed by atoms with Crippen LogP contribution in [0, 0.1) is 106 Å². The lowest BCUT2D eigenvalue weighted by molar-refractivity contribution is -0.238. The Bertz CT molecular complexity index is 869. The molecule has 9 saturated carbocycles. The van der Waals surface area contributed by atoms with Gasteiger partial charge in [-0.2, -0.15) is 0 Å². The normalized spacial score (nSPS) is 67.8. The summed E-state index contributed by atoms with van der Waals surface area (Å²) in [7, 11) is 0. The summed E-state index contributed by atoms with van der Waals surface area (Å²) in [5.41, 5.74) is 0.797. The minimum atomic E-state index is 0.797. The van der Waals surface area contributed by atoms with Crippen molar-refractivity contribution in [2.24, 2.45) is 106 Å². The first-order chi connectivity index (χ1) is 17.1. The molecule has 194 valence electrons. The van der Waals surface area contributed by atoms with E-state index >= 15 is 0 Å². The van der Waals surface area contributed by atoms with Gasteiger partial charge in [0.1, 0.15) is 0 Å². The van der Waals surface area contributed by atoms with Crippen LogP contribution in [0.15, 0.2) is 0 Å². The van der Waals surface area contributed by atoms with Crippen LogP contribution in [-0.2, 0) is 0 Å². The average molecular weight is 475 g/mol. The van der Waals surface area contributed by atoms with E-state index in [1.54, 1.807) is 89.9 Å². The van der Waals surface area contributed by atoms with Crippen molar-refractivity contribution in [2.45, 2.75) is 111 Å². The Balaban J connectivity index is 1.28. The van der Waals surface area contributed by atoms with Crippen molar-refractivity contribution in [1.29, 1.82) is 0 Å². The molecule has 0 aromatic rings. The van der Waals surface area contributed by atoms with Crippen LogP contribution in [-0.4, -0.2) is 0 Å². The molecule has 0 aliphatic heterocycles. The standard InChI is InChI=1S/C35H54/c1-18-11-14-28-27(15-18)30-24-9-5-4-8-23(24)25-13-12-22-17-21-7-6-10-26-29-19(2)16-20(3)32(29)35(28,33(21)26)34(22)31(25)30/h18-34H,4-17H2,1-3H3. The molecule has 0 heteroatoms. The van der Waals surface area contributed by atoms with Crippen LogP contribution < -0.4 is 0 Å². The highest BCUT2D eigenvalue weighted by atomic mass is 14.8. The van der Waals surface area contributed by atoms with Gasteiger partial charge < -0.3 is 0 Å². The van der Waals surface area contributed by atoms with Gasteiger partial charge in [-0.05, 0) is 164 Å². The van der Waals surface area contributed by atoms with Gasteiger partial charge >= 0.3 is 0 Å². The second-order valence-electron chi connectivity index (χ2n) is 16.9. The van der Waals surface area contributed by atoms with Crippen molar-refractivity contribution in [2.75, 3.05) is 0 Å². The van der Waals surface area contributed by atoms with Crippen molar-refractivity contribution in [3.63, 3.8) is 0 Å². The summed E-state index contributed by atoms with van der Waals surface area (Å²) in [4.78, 5) is 0. The van der Waals surface area contributed by atoms with Crippen LogP contribution in [0.5, 0.6) is 0 Å². The predicted molar refractivity (Wildman–Crippen MR) is 143 cm³/mol. The Morgan fingerprint density at radius 2 is 1.23 bits per heavy atom. The summed E-state index contributed by atoms with van der Waals surface area (Å²) >= 11 is 0. The summed E-state index contributed by atoms with van der Waals surface area (Å²) in [6.07, 6.45) is 22.7. The number of fused-ring (bicyclic) bond motifs is 7. The van der Waals surface area contributed by atoms with Gasteiger partial charge in [-0.3, -0.25) is 0 Å². The molecule has 1 spiro atoms. The predicted octanol–water partition coefficient (Wildman–Crippen LogP) is 9.09. The largest absolute Gasteiger partial charge is 0.0625 e. The highest BCUT2D eigenvalue weighted by molar-refractivity contribution is 5.26. The number of hydrogen-bond donors (Lipinski definition) is 0. The molecule has 0 radical (unpaired) electrons. The Kier molecular flexibility index (Phi) is 4.59. The summed E-state index contributed by atoms with van der Waals surface area (Å²) in [6.45, 7) is 8.18. The van der Waals surface area contributed by atoms with Crippen molar-refractivity contribution in [3.05, 3.63) is 0 Å². The maximum absolute atomic E-state index is 2.78. The zero-order valence-electron chi connectivity index (χ0n) is 23.2. The minimum Gasteiger partial charge on any atom is -0.0625 e. The van der Waals surface area contributed by atoms with E-state index in [0.717, 1.165) is 82.3 Å². The third-order valence-corrected chi connectivity index (χ3v) is 16.3. The van der Waals surface area contributed by atoms with Crippen LogP contribution >= 0.6 is 0 Å². The first-order valence-corrected chi connectivity index (χ1v) is 17.1. The van der Waals surface area contributed by atoms with Crippen LogP contribution in [0.4, 0.5) is 0 Å². The molecule has 0 bridgehead atoms. The summed E-state index contributed by atoms with van der Waals surface area (Å²) in [5.74, 6) is 19.2. The van der Waals surface area contributed by atoms with Crippen molar-refractivity contribution in [3.8, 4) is 0 Å². The summed E-state index contributed by atoms with van der Waals surface area (Å²) in [5, 5.41) is 0. The molecule has 35 heavy (non-hydrogen) atoms. The van der Waals surface area contributed by atoms with Crippen LogP contribution in [0.3, 0.4) is 0 Å². The first kappa shape index (κ1) is 21.9. The van der Waals surface area contributed by atoms with E-state index < -0.39 is 0 Å². The van der Waals surface area contributed by atoms with E-state index in [2.05, 4.69) is 20.8 Å². The fourth-order valence-electron chi connectivity index (χ4n) is 16.7. The molecule has 0 N–H and O–H groups in total. The zero-order chi connectivity index (χ0) is 23.2. The third kappa shape index (κ3) is 2.46. The molecule has 0 nitrogen and oxygen atoms in total. The Morgan fingerprint density at radius 3 is 2.11 bits per heavy atom. The highest BCUT2D eigenvalue weighted by Gasteiger charge is 2.79. The first-order valence-electron chi connectivity index (χ1n) is 17.1. The molecular formula is C35H54. The zero-order valence-corrected chi connectivity index (χ0v) is 23.2. The Labute approximate surface area is 216 Å². The highest BCUT2D eigenvalue weighted by Crippen LogP contribution is 2.84. The third-order valence-electron chi connectivity index (χ3n) is 16.3. The van der Waals surface area contributed by atoms with Gasteiger partial charge in [0.15, 0.2) is 0 Å². The molecule has 9 aliphatic rings. The lowest BCUT2D eigenvalue weighted by Crippen LogP contribution is -2.66. The van der Waals surface area contributed by atoms with E-state index in [9.17, 15) is 0 Å². The van der Waals surface area contributed by atoms with E-state index in [1.807, 2.05) is 0 Å². The Morgan fingerprint density at radius 1 is 0.457 bits per heavy atom. The van der Waals surface area contributed by atoms with E-state index in [4.69, 9.17) is 0 Å². The lowest BCUT2D eigenvalue weighted by atomic mass is 9.33. The van der Waals surface area contributed by atoms with Gasteiger partial charge in [0.2, 0.25) is 0 Å².